The van der Waals surface area contributed by atoms with Gasteiger partial charge in [0, 0.05) is 12.5 Å². The van der Waals surface area contributed by atoms with Crippen LogP contribution >= 0.6 is 0 Å². The summed E-state index contributed by atoms with van der Waals surface area (Å²) in [5.41, 5.74) is 0.567. The Morgan fingerprint density at radius 2 is 1.86 bits per heavy atom. The number of aliphatic carboxylic acids is 1. The van der Waals surface area contributed by atoms with E-state index in [0.717, 1.165) is 12.8 Å². The highest BCUT2D eigenvalue weighted by Crippen LogP contribution is 2.30. The third kappa shape index (κ3) is 2.81. The van der Waals surface area contributed by atoms with Gasteiger partial charge < -0.3 is 15.3 Å². The largest absolute Gasteiger partial charge is 0.479 e. The molecular weight excluding hydrogens is 284 g/mol. The summed E-state index contributed by atoms with van der Waals surface area (Å²) in [4.78, 5) is 37.2. The summed E-state index contributed by atoms with van der Waals surface area (Å²) in [6, 6.07) is 7.09. The highest BCUT2D eigenvalue weighted by molar-refractivity contribution is 5.93. The molecule has 1 saturated heterocycles. The van der Waals surface area contributed by atoms with Gasteiger partial charge in [-0.25, -0.2) is 4.79 Å². The van der Waals surface area contributed by atoms with Crippen molar-refractivity contribution in [2.45, 2.75) is 31.3 Å². The molecule has 116 valence electrons. The average molecular weight is 302 g/mol. The molecule has 22 heavy (non-hydrogen) atoms. The third-order valence-electron chi connectivity index (χ3n) is 4.17. The Labute approximate surface area is 128 Å². The maximum Gasteiger partial charge on any atom is 0.331 e. The molecule has 0 spiro atoms. The first-order valence-corrected chi connectivity index (χ1v) is 7.46. The minimum atomic E-state index is -1.06. The number of hydrogen-bond acceptors (Lipinski definition) is 3. The lowest BCUT2D eigenvalue weighted by Crippen LogP contribution is -2.44. The number of carbonyl (C=O) groups is 3. The lowest BCUT2D eigenvalue weighted by Gasteiger charge is -2.25. The van der Waals surface area contributed by atoms with E-state index in [1.165, 1.54) is 4.90 Å². The van der Waals surface area contributed by atoms with Crippen molar-refractivity contribution >= 4 is 17.8 Å². The SMILES string of the molecule is O=C(N[C@H]1CCN([C@H](C(=O)O)c2ccccc2)C1=O)C1CC1. The van der Waals surface area contributed by atoms with Crippen molar-refractivity contribution in [3.63, 3.8) is 0 Å². The zero-order chi connectivity index (χ0) is 15.7. The summed E-state index contributed by atoms with van der Waals surface area (Å²) >= 11 is 0. The van der Waals surface area contributed by atoms with Crippen molar-refractivity contribution in [2.24, 2.45) is 5.92 Å². The van der Waals surface area contributed by atoms with Gasteiger partial charge in [-0.3, -0.25) is 9.59 Å². The van der Waals surface area contributed by atoms with E-state index in [9.17, 15) is 19.5 Å². The van der Waals surface area contributed by atoms with E-state index in [1.807, 2.05) is 0 Å². The van der Waals surface area contributed by atoms with Gasteiger partial charge in [0.15, 0.2) is 6.04 Å². The second-order valence-corrected chi connectivity index (χ2v) is 5.81. The zero-order valence-corrected chi connectivity index (χ0v) is 12.1. The highest BCUT2D eigenvalue weighted by atomic mass is 16.4. The van der Waals surface area contributed by atoms with E-state index in [-0.39, 0.29) is 17.7 Å². The maximum absolute atomic E-state index is 12.5. The van der Waals surface area contributed by atoms with Crippen LogP contribution in [0.1, 0.15) is 30.9 Å². The van der Waals surface area contributed by atoms with E-state index in [2.05, 4.69) is 5.32 Å². The van der Waals surface area contributed by atoms with Crippen LogP contribution in [-0.2, 0) is 14.4 Å². The van der Waals surface area contributed by atoms with Gasteiger partial charge >= 0.3 is 5.97 Å². The number of nitrogens with one attached hydrogen (secondary N) is 1. The van der Waals surface area contributed by atoms with Crippen LogP contribution in [0.3, 0.4) is 0 Å². The van der Waals surface area contributed by atoms with Crippen molar-refractivity contribution in [3.8, 4) is 0 Å². The van der Waals surface area contributed by atoms with E-state index < -0.39 is 18.1 Å². The second-order valence-electron chi connectivity index (χ2n) is 5.81. The van der Waals surface area contributed by atoms with Gasteiger partial charge in [-0.15, -0.1) is 0 Å². The number of carboxylic acid groups (broad SMARTS) is 1. The molecule has 1 aromatic carbocycles. The Kier molecular flexibility index (Phi) is 3.83. The molecule has 0 aromatic heterocycles. The number of rotatable bonds is 5. The first-order chi connectivity index (χ1) is 10.6. The van der Waals surface area contributed by atoms with E-state index >= 15 is 0 Å². The van der Waals surface area contributed by atoms with Gasteiger partial charge in [0.1, 0.15) is 6.04 Å². The number of nitrogens with zero attached hydrogens (tertiary/aromatic N) is 1. The quantitative estimate of drug-likeness (QED) is 0.847. The fraction of sp³-hybridized carbons (Fsp3) is 0.438. The number of carbonyl (C=O) groups excluding carboxylic acids is 2. The lowest BCUT2D eigenvalue weighted by atomic mass is 10.1. The van der Waals surface area contributed by atoms with Crippen molar-refractivity contribution in [3.05, 3.63) is 35.9 Å². The molecule has 1 aliphatic carbocycles. The van der Waals surface area contributed by atoms with Crippen LogP contribution in [0.4, 0.5) is 0 Å². The molecule has 1 aromatic rings. The van der Waals surface area contributed by atoms with Crippen LogP contribution in [0.2, 0.25) is 0 Å². The van der Waals surface area contributed by atoms with Crippen molar-refractivity contribution in [2.75, 3.05) is 6.54 Å². The molecule has 2 fully saturated rings. The van der Waals surface area contributed by atoms with Crippen molar-refractivity contribution in [1.29, 1.82) is 0 Å². The molecule has 2 N–H and O–H groups in total. The Balaban J connectivity index is 1.74. The number of benzene rings is 1. The Morgan fingerprint density at radius 1 is 1.18 bits per heavy atom. The minimum Gasteiger partial charge on any atom is -0.479 e. The molecule has 6 heteroatoms. The van der Waals surface area contributed by atoms with Crippen LogP contribution in [0.15, 0.2) is 30.3 Å². The topological polar surface area (TPSA) is 86.7 Å². The number of carboxylic acids is 1. The van der Waals surface area contributed by atoms with Gasteiger partial charge in [-0.05, 0) is 24.8 Å². The predicted molar refractivity (Wildman–Crippen MR) is 77.8 cm³/mol. The third-order valence-corrected chi connectivity index (χ3v) is 4.17. The van der Waals surface area contributed by atoms with Crippen LogP contribution < -0.4 is 5.32 Å². The molecule has 2 atom stereocenters. The molecular formula is C16H18N2O4. The van der Waals surface area contributed by atoms with Crippen molar-refractivity contribution in [1.82, 2.24) is 10.2 Å². The highest BCUT2D eigenvalue weighted by Gasteiger charge is 2.41. The van der Waals surface area contributed by atoms with Gasteiger partial charge in [0.25, 0.3) is 0 Å². The number of likely N-dealkylation sites (tertiary alicyclic amines) is 1. The van der Waals surface area contributed by atoms with Crippen LogP contribution in [0.5, 0.6) is 0 Å². The fourth-order valence-corrected chi connectivity index (χ4v) is 2.82. The first kappa shape index (κ1) is 14.6. The number of amides is 2. The molecule has 1 saturated carbocycles. The molecule has 2 amide bonds. The average Bonchev–Trinajstić information content (AvgIpc) is 3.29. The minimum absolute atomic E-state index is 0.0336. The maximum atomic E-state index is 12.5. The van der Waals surface area contributed by atoms with Gasteiger partial charge in [-0.2, -0.15) is 0 Å². The molecule has 0 radical (unpaired) electrons. The Hall–Kier alpha value is -2.37. The predicted octanol–water partition coefficient (Wildman–Crippen LogP) is 0.939. The zero-order valence-electron chi connectivity index (χ0n) is 12.1. The number of hydrogen-bond donors (Lipinski definition) is 2. The fourth-order valence-electron chi connectivity index (χ4n) is 2.82. The van der Waals surface area contributed by atoms with Gasteiger partial charge in [-0.1, -0.05) is 30.3 Å². The lowest BCUT2D eigenvalue weighted by molar-refractivity contribution is -0.149. The molecule has 3 rings (SSSR count). The Morgan fingerprint density at radius 3 is 2.45 bits per heavy atom. The van der Waals surface area contributed by atoms with Crippen LogP contribution in [0, 0.1) is 5.92 Å². The molecule has 0 unspecified atom stereocenters. The summed E-state index contributed by atoms with van der Waals surface area (Å²) in [6.45, 7) is 0.334. The monoisotopic (exact) mass is 302 g/mol. The molecule has 1 heterocycles. The van der Waals surface area contributed by atoms with Gasteiger partial charge in [0.2, 0.25) is 11.8 Å². The summed E-state index contributed by atoms with van der Waals surface area (Å²) < 4.78 is 0. The van der Waals surface area contributed by atoms with E-state index in [4.69, 9.17) is 0 Å². The Bertz CT molecular complexity index is 597. The standard InChI is InChI=1S/C16H18N2O4/c19-14(11-6-7-11)17-12-8-9-18(15(12)20)13(16(21)22)10-4-2-1-3-5-10/h1-5,11-13H,6-9H2,(H,17,19)(H,21,22)/t12-,13-/m0/s1. The normalized spacial score (nSPS) is 22.5. The van der Waals surface area contributed by atoms with Gasteiger partial charge in [0.05, 0.1) is 0 Å². The summed E-state index contributed by atoms with van der Waals surface area (Å²) in [6.07, 6.45) is 2.20. The smallest absolute Gasteiger partial charge is 0.331 e. The van der Waals surface area contributed by atoms with Crippen LogP contribution in [0.25, 0.3) is 0 Å². The van der Waals surface area contributed by atoms with E-state index in [0.29, 0.717) is 18.5 Å². The molecule has 2 aliphatic rings. The second kappa shape index (κ2) is 5.79. The van der Waals surface area contributed by atoms with E-state index in [1.54, 1.807) is 30.3 Å². The summed E-state index contributed by atoms with van der Waals surface area (Å²) in [5.74, 6) is -1.43. The molecule has 1 aliphatic heterocycles. The van der Waals surface area contributed by atoms with Crippen molar-refractivity contribution < 1.29 is 19.5 Å². The first-order valence-electron chi connectivity index (χ1n) is 7.46. The summed E-state index contributed by atoms with van der Waals surface area (Å²) in [7, 11) is 0. The summed E-state index contributed by atoms with van der Waals surface area (Å²) in [5, 5.41) is 12.2. The van der Waals surface area contributed by atoms with Crippen LogP contribution in [-0.4, -0.2) is 40.4 Å². The molecule has 6 nitrogen and oxygen atoms in total. The molecule has 0 bridgehead atoms.